The second-order valence-corrected chi connectivity index (χ2v) is 12.5. The fourth-order valence-electron chi connectivity index (χ4n) is 6.11. The molecule has 15 heteroatoms. The average Bonchev–Trinajstić information content (AvgIpc) is 3.31. The Morgan fingerprint density at radius 1 is 1.00 bits per heavy atom. The van der Waals surface area contributed by atoms with Crippen LogP contribution in [0, 0.1) is 17.7 Å². The summed E-state index contributed by atoms with van der Waals surface area (Å²) >= 11 is 0. The van der Waals surface area contributed by atoms with Crippen LogP contribution in [0.3, 0.4) is 0 Å². The molecule has 2 aliphatic rings. The van der Waals surface area contributed by atoms with E-state index in [9.17, 15) is 53.4 Å². The molecule has 226 valence electrons. The van der Waals surface area contributed by atoms with Crippen molar-refractivity contribution in [3.63, 3.8) is 0 Å². The normalized spacial score (nSPS) is 24.0. The summed E-state index contributed by atoms with van der Waals surface area (Å²) in [5.41, 5.74) is -7.90. The van der Waals surface area contributed by atoms with E-state index < -0.39 is 74.4 Å². The van der Waals surface area contributed by atoms with Crippen molar-refractivity contribution < 1.29 is 58.5 Å². The number of aliphatic hydroxyl groups excluding tert-OH is 2. The molecule has 41 heavy (non-hydrogen) atoms. The van der Waals surface area contributed by atoms with Crippen LogP contribution in [0.1, 0.15) is 36.0 Å². The van der Waals surface area contributed by atoms with Gasteiger partial charge in [0.2, 0.25) is 5.91 Å². The highest BCUT2D eigenvalue weighted by molar-refractivity contribution is 7.92. The first kappa shape index (κ1) is 31.2. The zero-order valence-electron chi connectivity index (χ0n) is 21.1. The van der Waals surface area contributed by atoms with E-state index in [0.29, 0.717) is 6.07 Å². The van der Waals surface area contributed by atoms with Gasteiger partial charge in [-0.15, -0.1) is 0 Å². The summed E-state index contributed by atoms with van der Waals surface area (Å²) in [5, 5.41) is 21.0. The van der Waals surface area contributed by atoms with E-state index in [1.807, 2.05) is 0 Å². The van der Waals surface area contributed by atoms with Crippen molar-refractivity contribution in [2.24, 2.45) is 11.8 Å². The first-order valence-corrected chi connectivity index (χ1v) is 13.9. The molecule has 0 saturated heterocycles. The van der Waals surface area contributed by atoms with Crippen LogP contribution in [-0.4, -0.2) is 56.1 Å². The monoisotopic (exact) mass is 615 g/mol. The topological polar surface area (TPSA) is 104 Å². The number of hydrogen-bond donors (Lipinski definition) is 3. The second-order valence-electron chi connectivity index (χ2n) is 10.2. The predicted molar refractivity (Wildman–Crippen MR) is 127 cm³/mol. The number of halogens is 8. The fourth-order valence-corrected chi connectivity index (χ4v) is 8.58. The summed E-state index contributed by atoms with van der Waals surface area (Å²) in [6.45, 7) is -1.03. The van der Waals surface area contributed by atoms with Gasteiger partial charge in [-0.25, -0.2) is 17.2 Å². The molecule has 0 aromatic heterocycles. The molecule has 1 amide bonds. The number of nitrogens with one attached hydrogen (secondary N) is 1. The lowest BCUT2D eigenvalue weighted by Crippen LogP contribution is -2.51. The van der Waals surface area contributed by atoms with Crippen LogP contribution in [0.2, 0.25) is 0 Å². The van der Waals surface area contributed by atoms with E-state index in [0.717, 1.165) is 30.3 Å². The first-order chi connectivity index (χ1) is 18.9. The highest BCUT2D eigenvalue weighted by Crippen LogP contribution is 2.60. The Morgan fingerprint density at radius 3 is 2.17 bits per heavy atom. The van der Waals surface area contributed by atoms with Crippen molar-refractivity contribution in [1.82, 2.24) is 5.32 Å². The molecule has 2 aromatic rings. The van der Waals surface area contributed by atoms with Crippen LogP contribution in [0.15, 0.2) is 47.4 Å². The van der Waals surface area contributed by atoms with Crippen LogP contribution < -0.4 is 5.32 Å². The lowest BCUT2D eigenvalue weighted by Gasteiger charge is -2.42. The molecule has 3 N–H and O–H groups in total. The van der Waals surface area contributed by atoms with Gasteiger partial charge in [0.1, 0.15) is 10.6 Å². The maximum absolute atomic E-state index is 14.9. The zero-order chi connectivity index (χ0) is 30.6. The van der Waals surface area contributed by atoms with Crippen molar-refractivity contribution >= 4 is 15.7 Å². The van der Waals surface area contributed by atoms with E-state index in [4.69, 9.17) is 5.11 Å². The third kappa shape index (κ3) is 4.88. The van der Waals surface area contributed by atoms with E-state index >= 15 is 0 Å². The van der Waals surface area contributed by atoms with E-state index in [1.54, 1.807) is 0 Å². The number of hydrogen-bond acceptors (Lipinski definition) is 5. The Labute approximate surface area is 229 Å². The number of fused-ring (bicyclic) bond motifs is 3. The molecular weight excluding hydrogens is 590 g/mol. The molecule has 1 fully saturated rings. The van der Waals surface area contributed by atoms with Gasteiger partial charge in [0.05, 0.1) is 17.6 Å². The van der Waals surface area contributed by atoms with Crippen molar-refractivity contribution in [3.05, 3.63) is 65.0 Å². The first-order valence-electron chi connectivity index (χ1n) is 12.4. The molecule has 2 aliphatic carbocycles. The molecule has 0 bridgehead atoms. The largest absolute Gasteiger partial charge is 0.435 e. The molecular formula is C26H25F8NO5S. The molecule has 0 radical (unpaired) electrons. The molecule has 0 unspecified atom stereocenters. The van der Waals surface area contributed by atoms with Crippen LogP contribution in [0.4, 0.5) is 35.1 Å². The SMILES string of the molecule is O=C(NC[C@@H](O)CO)[C@@H]1CC[C@@]2(S(=O)(=O)c3ccc(F)cc3)c3ccc(C(F)(C(F)(F)F)C(F)(F)F)cc3CC[C@@H]12. The Balaban J connectivity index is 1.89. The second kappa shape index (κ2) is 10.5. The summed E-state index contributed by atoms with van der Waals surface area (Å²) in [5.74, 6) is -3.47. The van der Waals surface area contributed by atoms with Gasteiger partial charge in [-0.1, -0.05) is 18.2 Å². The van der Waals surface area contributed by atoms with Gasteiger partial charge in [-0.05, 0) is 67.0 Å². The standard InChI is InChI=1S/C26H25F8NO5S/c27-16-3-5-18(6-4-16)41(39,40)23-10-9-19(22(38)35-12-17(37)13-36)21(23)7-1-14-11-15(2-8-20(14)23)24(28,25(29,30)31)26(32,33)34/h2-6,8,11,17,19,21,36-37H,1,7,9-10,12-13H2,(H,35,38)/t17-,19-,21+,23-/m1/s1. The molecule has 2 aromatic carbocycles. The summed E-state index contributed by atoms with van der Waals surface area (Å²) in [6, 6.07) is 5.03. The number of aryl methyl sites for hydroxylation is 1. The van der Waals surface area contributed by atoms with E-state index in [-0.39, 0.29) is 54.3 Å². The highest BCUT2D eigenvalue weighted by atomic mass is 32.2. The summed E-state index contributed by atoms with van der Waals surface area (Å²) < 4.78 is 136. The highest BCUT2D eigenvalue weighted by Gasteiger charge is 2.73. The number of alkyl halides is 7. The smallest absolute Gasteiger partial charge is 0.394 e. The quantitative estimate of drug-likeness (QED) is 0.320. The van der Waals surface area contributed by atoms with Crippen molar-refractivity contribution in [1.29, 1.82) is 0 Å². The zero-order valence-corrected chi connectivity index (χ0v) is 21.9. The number of carbonyl (C=O) groups is 1. The van der Waals surface area contributed by atoms with Gasteiger partial charge in [0.15, 0.2) is 9.84 Å². The van der Waals surface area contributed by atoms with Gasteiger partial charge >= 0.3 is 18.0 Å². The van der Waals surface area contributed by atoms with Crippen LogP contribution in [0.5, 0.6) is 0 Å². The number of aliphatic hydroxyl groups is 2. The van der Waals surface area contributed by atoms with Crippen molar-refractivity contribution in [3.8, 4) is 0 Å². The van der Waals surface area contributed by atoms with Crippen molar-refractivity contribution in [2.75, 3.05) is 13.2 Å². The third-order valence-corrected chi connectivity index (χ3v) is 10.6. The van der Waals surface area contributed by atoms with Crippen LogP contribution in [-0.2, 0) is 31.5 Å². The Hall–Kier alpha value is -2.78. The summed E-state index contributed by atoms with van der Waals surface area (Å²) in [7, 11) is -4.57. The molecule has 0 spiro atoms. The van der Waals surface area contributed by atoms with E-state index in [1.165, 1.54) is 0 Å². The van der Waals surface area contributed by atoms with Crippen LogP contribution >= 0.6 is 0 Å². The number of benzene rings is 2. The van der Waals surface area contributed by atoms with Gasteiger partial charge in [-0.2, -0.15) is 26.3 Å². The lowest BCUT2D eigenvalue weighted by atomic mass is 9.72. The summed E-state index contributed by atoms with van der Waals surface area (Å²) in [6.07, 6.45) is -14.8. The summed E-state index contributed by atoms with van der Waals surface area (Å²) in [4.78, 5) is 12.7. The molecule has 4 atom stereocenters. The minimum atomic E-state index is -6.37. The Morgan fingerprint density at radius 2 is 1.61 bits per heavy atom. The number of rotatable bonds is 7. The Bertz CT molecular complexity index is 1400. The maximum atomic E-state index is 14.9. The van der Waals surface area contributed by atoms with Crippen molar-refractivity contribution in [2.45, 2.75) is 59.5 Å². The van der Waals surface area contributed by atoms with E-state index in [2.05, 4.69) is 5.32 Å². The number of amides is 1. The Kier molecular flexibility index (Phi) is 7.97. The number of carbonyl (C=O) groups excluding carboxylic acids is 1. The molecule has 1 saturated carbocycles. The van der Waals surface area contributed by atoms with Gasteiger partial charge in [0.25, 0.3) is 0 Å². The average molecular weight is 616 g/mol. The minimum Gasteiger partial charge on any atom is -0.394 e. The molecule has 6 nitrogen and oxygen atoms in total. The maximum Gasteiger partial charge on any atom is 0.435 e. The molecule has 0 aliphatic heterocycles. The fraction of sp³-hybridized carbons (Fsp3) is 0.500. The lowest BCUT2D eigenvalue weighted by molar-refractivity contribution is -0.348. The number of sulfone groups is 1. The van der Waals surface area contributed by atoms with Gasteiger partial charge < -0.3 is 15.5 Å². The predicted octanol–water partition coefficient (Wildman–Crippen LogP) is 4.23. The van der Waals surface area contributed by atoms with Gasteiger partial charge in [0, 0.05) is 18.0 Å². The molecule has 4 rings (SSSR count). The minimum absolute atomic E-state index is 0.0640. The third-order valence-electron chi connectivity index (χ3n) is 8.04. The molecule has 0 heterocycles. The van der Waals surface area contributed by atoms with Gasteiger partial charge in [-0.3, -0.25) is 4.79 Å². The van der Waals surface area contributed by atoms with Crippen LogP contribution in [0.25, 0.3) is 0 Å².